The van der Waals surface area contributed by atoms with E-state index >= 15 is 0 Å². The number of carbonyl (C=O) groups excluding carboxylic acids is 3. The summed E-state index contributed by atoms with van der Waals surface area (Å²) in [6, 6.07) is 8.89. The molecule has 0 aromatic heterocycles. The van der Waals surface area contributed by atoms with E-state index in [1.165, 1.54) is 7.11 Å². The Morgan fingerprint density at radius 2 is 1.70 bits per heavy atom. The monoisotopic (exact) mass is 422 g/mol. The van der Waals surface area contributed by atoms with Crippen LogP contribution in [0.5, 0.6) is 0 Å². The average molecular weight is 423 g/mol. The van der Waals surface area contributed by atoms with Crippen LogP contribution in [-0.2, 0) is 25.6 Å². The lowest BCUT2D eigenvalue weighted by atomic mass is 9.96. The number of benzene rings is 1. The van der Waals surface area contributed by atoms with Gasteiger partial charge in [-0.15, -0.1) is 0 Å². The molecule has 0 saturated carbocycles. The van der Waals surface area contributed by atoms with Gasteiger partial charge in [0, 0.05) is 12.6 Å². The van der Waals surface area contributed by atoms with Crippen LogP contribution in [0.3, 0.4) is 0 Å². The van der Waals surface area contributed by atoms with Crippen molar-refractivity contribution < 1.29 is 28.6 Å². The molecule has 30 heavy (non-hydrogen) atoms. The van der Waals surface area contributed by atoms with Gasteiger partial charge in [0.05, 0.1) is 13.0 Å². The topological polar surface area (TPSA) is 103 Å². The van der Waals surface area contributed by atoms with Gasteiger partial charge in [-0.1, -0.05) is 30.3 Å². The molecular formula is C22H34N2O6. The number of alkyl carbamates (subject to hydrolysis) is 2. The van der Waals surface area contributed by atoms with Crippen LogP contribution in [-0.4, -0.2) is 43.5 Å². The molecule has 0 heterocycles. The first kappa shape index (κ1) is 25.3. The average Bonchev–Trinajstić information content (AvgIpc) is 2.69. The molecule has 8 heteroatoms. The number of unbranched alkanes of at least 4 members (excludes halogenated alkanes) is 1. The Hall–Kier alpha value is -2.77. The third-order valence-corrected chi connectivity index (χ3v) is 4.30. The van der Waals surface area contributed by atoms with Crippen molar-refractivity contribution in [1.29, 1.82) is 0 Å². The first-order valence-corrected chi connectivity index (χ1v) is 10.1. The van der Waals surface area contributed by atoms with Crippen LogP contribution in [0.4, 0.5) is 9.59 Å². The number of amides is 2. The fourth-order valence-corrected chi connectivity index (χ4v) is 2.71. The predicted octanol–water partition coefficient (Wildman–Crippen LogP) is 3.79. The van der Waals surface area contributed by atoms with E-state index in [2.05, 4.69) is 10.6 Å². The molecule has 0 aliphatic heterocycles. The minimum atomic E-state index is -0.591. The number of nitrogens with one attached hydrogen (secondary N) is 2. The molecule has 168 valence electrons. The van der Waals surface area contributed by atoms with Gasteiger partial charge >= 0.3 is 18.2 Å². The van der Waals surface area contributed by atoms with Gasteiger partial charge in [0.25, 0.3) is 0 Å². The maximum atomic E-state index is 12.2. The second-order valence-corrected chi connectivity index (χ2v) is 8.05. The van der Waals surface area contributed by atoms with Crippen LogP contribution < -0.4 is 10.6 Å². The Morgan fingerprint density at radius 1 is 1.03 bits per heavy atom. The number of rotatable bonds is 10. The molecule has 0 fully saturated rings. The van der Waals surface area contributed by atoms with Crippen molar-refractivity contribution in [3.05, 3.63) is 35.9 Å². The Labute approximate surface area is 178 Å². The molecule has 2 N–H and O–H groups in total. The van der Waals surface area contributed by atoms with Crippen LogP contribution in [0.15, 0.2) is 30.3 Å². The normalized spacial score (nSPS) is 13.0. The zero-order valence-corrected chi connectivity index (χ0v) is 18.5. The third-order valence-electron chi connectivity index (χ3n) is 4.30. The van der Waals surface area contributed by atoms with E-state index in [0.717, 1.165) is 5.56 Å². The smallest absolute Gasteiger partial charge is 0.407 e. The Bertz CT molecular complexity index is 672. The summed E-state index contributed by atoms with van der Waals surface area (Å²) in [6.45, 7) is 7.68. The molecular weight excluding hydrogens is 388 g/mol. The second-order valence-electron chi connectivity index (χ2n) is 8.05. The van der Waals surface area contributed by atoms with Crippen molar-refractivity contribution in [2.24, 2.45) is 5.92 Å². The highest BCUT2D eigenvalue weighted by molar-refractivity contribution is 5.74. The van der Waals surface area contributed by atoms with E-state index < -0.39 is 35.7 Å². The van der Waals surface area contributed by atoms with Crippen molar-refractivity contribution in [1.82, 2.24) is 10.6 Å². The van der Waals surface area contributed by atoms with Gasteiger partial charge in [-0.3, -0.25) is 4.79 Å². The minimum Gasteiger partial charge on any atom is -0.469 e. The number of ether oxygens (including phenoxy) is 3. The van der Waals surface area contributed by atoms with E-state index in [1.807, 2.05) is 30.3 Å². The molecule has 0 saturated heterocycles. The summed E-state index contributed by atoms with van der Waals surface area (Å²) in [6.07, 6.45) is 0.828. The third kappa shape index (κ3) is 10.7. The summed E-state index contributed by atoms with van der Waals surface area (Å²) in [5.41, 5.74) is 0.327. The first-order chi connectivity index (χ1) is 14.1. The molecule has 0 aliphatic rings. The quantitative estimate of drug-likeness (QED) is 0.338. The SMILES string of the molecule is COC(=O)C(C)[C@H](CCCCNC(=O)OC(C)(C)C)NC(=O)OCc1ccccc1. The number of hydrogen-bond acceptors (Lipinski definition) is 6. The zero-order valence-electron chi connectivity index (χ0n) is 18.5. The van der Waals surface area contributed by atoms with E-state index in [4.69, 9.17) is 14.2 Å². The highest BCUT2D eigenvalue weighted by Crippen LogP contribution is 2.13. The van der Waals surface area contributed by atoms with Gasteiger partial charge in [0.15, 0.2) is 0 Å². The van der Waals surface area contributed by atoms with Crippen molar-refractivity contribution in [2.45, 2.75) is 65.2 Å². The predicted molar refractivity (Wildman–Crippen MR) is 113 cm³/mol. The lowest BCUT2D eigenvalue weighted by molar-refractivity contribution is -0.145. The van der Waals surface area contributed by atoms with E-state index in [-0.39, 0.29) is 6.61 Å². The van der Waals surface area contributed by atoms with E-state index in [0.29, 0.717) is 25.8 Å². The maximum absolute atomic E-state index is 12.2. The Kier molecular flexibility index (Phi) is 10.7. The summed E-state index contributed by atoms with van der Waals surface area (Å²) in [4.78, 5) is 35.8. The van der Waals surface area contributed by atoms with Gasteiger partial charge in [-0.25, -0.2) is 9.59 Å². The second kappa shape index (κ2) is 12.7. The van der Waals surface area contributed by atoms with Crippen LogP contribution in [0, 0.1) is 5.92 Å². The molecule has 8 nitrogen and oxygen atoms in total. The van der Waals surface area contributed by atoms with Gasteiger partial charge < -0.3 is 24.8 Å². The molecule has 0 radical (unpaired) electrons. The lowest BCUT2D eigenvalue weighted by Gasteiger charge is -2.23. The van der Waals surface area contributed by atoms with E-state index in [9.17, 15) is 14.4 Å². The van der Waals surface area contributed by atoms with Gasteiger partial charge in [-0.2, -0.15) is 0 Å². The summed E-state index contributed by atoms with van der Waals surface area (Å²) in [5.74, 6) is -0.937. The van der Waals surface area contributed by atoms with Crippen LogP contribution in [0.1, 0.15) is 52.5 Å². The molecule has 0 bridgehead atoms. The van der Waals surface area contributed by atoms with Crippen molar-refractivity contribution >= 4 is 18.2 Å². The molecule has 2 amide bonds. The number of esters is 1. The van der Waals surface area contributed by atoms with Crippen molar-refractivity contribution in [3.63, 3.8) is 0 Å². The molecule has 0 aliphatic carbocycles. The van der Waals surface area contributed by atoms with E-state index in [1.54, 1.807) is 27.7 Å². The van der Waals surface area contributed by atoms with Gasteiger partial charge in [-0.05, 0) is 52.5 Å². The highest BCUT2D eigenvalue weighted by Gasteiger charge is 2.26. The largest absolute Gasteiger partial charge is 0.469 e. The molecule has 1 aromatic carbocycles. The summed E-state index contributed by atoms with van der Waals surface area (Å²) >= 11 is 0. The summed E-state index contributed by atoms with van der Waals surface area (Å²) in [5, 5.41) is 5.45. The van der Waals surface area contributed by atoms with Crippen LogP contribution in [0.25, 0.3) is 0 Å². The lowest BCUT2D eigenvalue weighted by Crippen LogP contribution is -2.43. The molecule has 1 aromatic rings. The maximum Gasteiger partial charge on any atom is 0.407 e. The zero-order chi connectivity index (χ0) is 22.6. The van der Waals surface area contributed by atoms with Gasteiger partial charge in [0.2, 0.25) is 0 Å². The summed E-state index contributed by atoms with van der Waals surface area (Å²) < 4.78 is 15.2. The minimum absolute atomic E-state index is 0.145. The number of methoxy groups -OCH3 is 1. The van der Waals surface area contributed by atoms with Crippen molar-refractivity contribution in [2.75, 3.05) is 13.7 Å². The molecule has 0 spiro atoms. The highest BCUT2D eigenvalue weighted by atomic mass is 16.6. The van der Waals surface area contributed by atoms with Crippen LogP contribution in [0.2, 0.25) is 0 Å². The summed E-state index contributed by atoms with van der Waals surface area (Å²) in [7, 11) is 1.31. The van der Waals surface area contributed by atoms with Gasteiger partial charge in [0.1, 0.15) is 12.2 Å². The fraction of sp³-hybridized carbons (Fsp3) is 0.591. The fourth-order valence-electron chi connectivity index (χ4n) is 2.71. The Morgan fingerprint density at radius 3 is 2.30 bits per heavy atom. The van der Waals surface area contributed by atoms with Crippen LogP contribution >= 0.6 is 0 Å². The van der Waals surface area contributed by atoms with Crippen molar-refractivity contribution in [3.8, 4) is 0 Å². The number of hydrogen-bond donors (Lipinski definition) is 2. The molecule has 1 unspecified atom stereocenters. The molecule has 1 rings (SSSR count). The standard InChI is InChI=1S/C22H34N2O6/c1-16(19(25)28-5)18(13-9-10-14-23-20(26)30-22(2,3)4)24-21(27)29-15-17-11-7-6-8-12-17/h6-8,11-12,16,18H,9-10,13-15H2,1-5H3,(H,23,26)(H,24,27)/t16?,18-/m0/s1. The first-order valence-electron chi connectivity index (χ1n) is 10.1. The molecule has 2 atom stereocenters. The number of carbonyl (C=O) groups is 3. The Balaban J connectivity index is 2.46.